The highest BCUT2D eigenvalue weighted by atomic mass is 79.9. The van der Waals surface area contributed by atoms with Crippen molar-refractivity contribution in [2.24, 2.45) is 7.05 Å². The minimum absolute atomic E-state index is 0.220. The van der Waals surface area contributed by atoms with Gasteiger partial charge in [0.05, 0.1) is 11.8 Å². The average Bonchev–Trinajstić information content (AvgIpc) is 2.69. The van der Waals surface area contributed by atoms with E-state index in [1.165, 1.54) is 0 Å². The second-order valence-corrected chi connectivity index (χ2v) is 6.39. The number of hydrogen-bond acceptors (Lipinski definition) is 2. The number of aliphatic hydroxyl groups is 1. The molecule has 1 aromatic carbocycles. The molecular formula is C15H18BrClN2O. The molecule has 3 nitrogen and oxygen atoms in total. The lowest BCUT2D eigenvalue weighted by molar-refractivity contribution is 0.177. The lowest BCUT2D eigenvalue weighted by Gasteiger charge is -2.14. The van der Waals surface area contributed by atoms with Crippen LogP contribution in [0.5, 0.6) is 0 Å². The van der Waals surface area contributed by atoms with E-state index in [4.69, 9.17) is 11.6 Å². The van der Waals surface area contributed by atoms with Crippen LogP contribution < -0.4 is 0 Å². The summed E-state index contributed by atoms with van der Waals surface area (Å²) in [5.41, 5.74) is 2.64. The minimum atomic E-state index is -0.660. The maximum absolute atomic E-state index is 10.6. The molecule has 1 aromatic heterocycles. The van der Waals surface area contributed by atoms with Crippen LogP contribution in [0.4, 0.5) is 0 Å². The van der Waals surface area contributed by atoms with Crippen molar-refractivity contribution in [3.8, 4) is 0 Å². The van der Waals surface area contributed by atoms with Crippen LogP contribution in [0.3, 0.4) is 0 Å². The smallest absolute Gasteiger partial charge is 0.132 e. The van der Waals surface area contributed by atoms with Crippen molar-refractivity contribution in [3.05, 3.63) is 50.7 Å². The molecule has 1 N–H and O–H groups in total. The Morgan fingerprint density at radius 1 is 1.35 bits per heavy atom. The van der Waals surface area contributed by atoms with Gasteiger partial charge in [0.1, 0.15) is 5.15 Å². The number of nitrogens with zero attached hydrogens (tertiary/aromatic N) is 2. The summed E-state index contributed by atoms with van der Waals surface area (Å²) in [4.78, 5) is 0. The first-order chi connectivity index (χ1) is 9.41. The molecule has 0 aliphatic carbocycles. The highest BCUT2D eigenvalue weighted by Crippen LogP contribution is 2.33. The van der Waals surface area contributed by atoms with Crippen LogP contribution in [0.2, 0.25) is 5.15 Å². The van der Waals surface area contributed by atoms with Gasteiger partial charge in [0.25, 0.3) is 0 Å². The maximum Gasteiger partial charge on any atom is 0.132 e. The number of benzene rings is 1. The van der Waals surface area contributed by atoms with Gasteiger partial charge in [0, 0.05) is 23.5 Å². The summed E-state index contributed by atoms with van der Waals surface area (Å²) in [7, 11) is 1.79. The average molecular weight is 358 g/mol. The number of hydrogen-bond donors (Lipinski definition) is 1. The number of rotatable bonds is 4. The van der Waals surface area contributed by atoms with Crippen molar-refractivity contribution in [2.45, 2.75) is 32.3 Å². The third-order valence-electron chi connectivity index (χ3n) is 3.29. The van der Waals surface area contributed by atoms with Crippen molar-refractivity contribution in [1.29, 1.82) is 0 Å². The molecule has 20 heavy (non-hydrogen) atoms. The highest BCUT2D eigenvalue weighted by Gasteiger charge is 2.24. The first-order valence-electron chi connectivity index (χ1n) is 6.55. The predicted molar refractivity (Wildman–Crippen MR) is 85.1 cm³/mol. The van der Waals surface area contributed by atoms with E-state index in [0.717, 1.165) is 21.3 Å². The normalized spacial score (nSPS) is 12.9. The minimum Gasteiger partial charge on any atom is -0.388 e. The quantitative estimate of drug-likeness (QED) is 0.889. The Kier molecular flexibility index (Phi) is 4.89. The number of aliphatic hydroxyl groups excluding tert-OH is 1. The highest BCUT2D eigenvalue weighted by molar-refractivity contribution is 9.10. The lowest BCUT2D eigenvalue weighted by Crippen LogP contribution is -2.06. The Labute approximate surface area is 132 Å². The van der Waals surface area contributed by atoms with Crippen LogP contribution in [0, 0.1) is 0 Å². The summed E-state index contributed by atoms with van der Waals surface area (Å²) in [6.45, 7) is 4.10. The maximum atomic E-state index is 10.6. The SMILES string of the molecule is CC(C)c1nn(C)c(Cl)c1C(O)Cc1ccccc1Br. The van der Waals surface area contributed by atoms with E-state index in [9.17, 15) is 5.11 Å². The van der Waals surface area contributed by atoms with Crippen molar-refractivity contribution in [3.63, 3.8) is 0 Å². The fourth-order valence-corrected chi connectivity index (χ4v) is 2.96. The zero-order chi connectivity index (χ0) is 14.9. The van der Waals surface area contributed by atoms with Gasteiger partial charge in [0.15, 0.2) is 0 Å². The largest absolute Gasteiger partial charge is 0.388 e. The van der Waals surface area contributed by atoms with Crippen LogP contribution in [0.1, 0.15) is 42.7 Å². The van der Waals surface area contributed by atoms with Crippen molar-refractivity contribution in [1.82, 2.24) is 9.78 Å². The molecule has 0 fully saturated rings. The van der Waals surface area contributed by atoms with E-state index >= 15 is 0 Å². The van der Waals surface area contributed by atoms with Gasteiger partial charge >= 0.3 is 0 Å². The first kappa shape index (κ1) is 15.5. The molecule has 0 bridgehead atoms. The second-order valence-electron chi connectivity index (χ2n) is 5.18. The Bertz CT molecular complexity index is 610. The van der Waals surface area contributed by atoms with Gasteiger partial charge in [0.2, 0.25) is 0 Å². The van der Waals surface area contributed by atoms with Gasteiger partial charge < -0.3 is 5.11 Å². The van der Waals surface area contributed by atoms with Crippen molar-refractivity contribution >= 4 is 27.5 Å². The molecule has 1 atom stereocenters. The lowest BCUT2D eigenvalue weighted by atomic mass is 9.97. The fourth-order valence-electron chi connectivity index (χ4n) is 2.25. The summed E-state index contributed by atoms with van der Waals surface area (Å²) >= 11 is 9.79. The summed E-state index contributed by atoms with van der Waals surface area (Å²) in [5, 5.41) is 15.5. The van der Waals surface area contributed by atoms with Gasteiger partial charge in [-0.1, -0.05) is 59.6 Å². The molecule has 0 aliphatic heterocycles. The molecule has 2 rings (SSSR count). The Hall–Kier alpha value is -0.840. The van der Waals surface area contributed by atoms with Crippen LogP contribution in [-0.4, -0.2) is 14.9 Å². The molecule has 0 saturated carbocycles. The van der Waals surface area contributed by atoms with Crippen molar-refractivity contribution < 1.29 is 5.11 Å². The summed E-state index contributed by atoms with van der Waals surface area (Å²) < 4.78 is 2.61. The molecule has 1 unspecified atom stereocenters. The summed E-state index contributed by atoms with van der Waals surface area (Å²) in [6, 6.07) is 7.88. The van der Waals surface area contributed by atoms with Gasteiger partial charge in [-0.15, -0.1) is 0 Å². The molecule has 2 aromatic rings. The molecule has 0 spiro atoms. The molecule has 5 heteroatoms. The summed E-state index contributed by atoms with van der Waals surface area (Å²) in [5.74, 6) is 0.220. The summed E-state index contributed by atoms with van der Waals surface area (Å²) in [6.07, 6.45) is -0.153. The fraction of sp³-hybridized carbons (Fsp3) is 0.400. The van der Waals surface area contributed by atoms with E-state index < -0.39 is 6.10 Å². The van der Waals surface area contributed by atoms with Crippen LogP contribution in [0.15, 0.2) is 28.7 Å². The molecular weight excluding hydrogens is 340 g/mol. The van der Waals surface area contributed by atoms with Crippen LogP contribution in [0.25, 0.3) is 0 Å². The monoisotopic (exact) mass is 356 g/mol. The van der Waals surface area contributed by atoms with Gasteiger partial charge in [-0.2, -0.15) is 5.10 Å². The number of aryl methyl sites for hydroxylation is 1. The topological polar surface area (TPSA) is 38.0 Å². The third-order valence-corrected chi connectivity index (χ3v) is 4.51. The standard InChI is InChI=1S/C15H18BrClN2O/c1-9(2)14-13(15(17)19(3)18-14)12(20)8-10-6-4-5-7-11(10)16/h4-7,9,12,20H,8H2,1-3H3. The number of aromatic nitrogens is 2. The molecule has 0 aliphatic rings. The predicted octanol–water partition coefficient (Wildman–Crippen LogP) is 4.24. The molecule has 0 saturated heterocycles. The van der Waals surface area contributed by atoms with E-state index in [2.05, 4.69) is 21.0 Å². The van der Waals surface area contributed by atoms with E-state index in [1.54, 1.807) is 11.7 Å². The number of halogens is 2. The second kappa shape index (κ2) is 6.29. The van der Waals surface area contributed by atoms with Crippen LogP contribution in [-0.2, 0) is 13.5 Å². The van der Waals surface area contributed by atoms with Gasteiger partial charge in [-0.05, 0) is 17.5 Å². The van der Waals surface area contributed by atoms with E-state index in [-0.39, 0.29) is 5.92 Å². The molecule has 1 heterocycles. The molecule has 0 amide bonds. The Morgan fingerprint density at radius 3 is 2.60 bits per heavy atom. The van der Waals surface area contributed by atoms with Crippen molar-refractivity contribution in [2.75, 3.05) is 0 Å². The van der Waals surface area contributed by atoms with E-state index in [1.807, 2.05) is 38.1 Å². The molecule has 0 radical (unpaired) electrons. The molecule has 108 valence electrons. The third kappa shape index (κ3) is 3.08. The van der Waals surface area contributed by atoms with E-state index in [0.29, 0.717) is 11.6 Å². The Balaban J connectivity index is 2.34. The first-order valence-corrected chi connectivity index (χ1v) is 7.72. The zero-order valence-electron chi connectivity index (χ0n) is 11.8. The van der Waals surface area contributed by atoms with Crippen LogP contribution >= 0.6 is 27.5 Å². The zero-order valence-corrected chi connectivity index (χ0v) is 14.1. The van der Waals surface area contributed by atoms with Gasteiger partial charge in [-0.3, -0.25) is 4.68 Å². The Morgan fingerprint density at radius 2 is 2.00 bits per heavy atom. The van der Waals surface area contributed by atoms with Gasteiger partial charge in [-0.25, -0.2) is 0 Å².